The zero-order valence-electron chi connectivity index (χ0n) is 12.3. The number of allylic oxidation sites excluding steroid dienone is 1. The molecule has 0 radical (unpaired) electrons. The van der Waals surface area contributed by atoms with Gasteiger partial charge in [0.2, 0.25) is 6.79 Å². The van der Waals surface area contributed by atoms with Gasteiger partial charge in [-0.2, -0.15) is 5.26 Å². The highest BCUT2D eigenvalue weighted by atomic mass is 16.7. The molecule has 3 nitrogen and oxygen atoms in total. The standard InChI is InChI=1S/C20H13NO2/c21-12-18(9-14-5-8-19-20(10-14)23-13-22-19)17-7-6-15-3-1-2-4-16(15)11-17/h1-11H,13H2/b18-9+. The first-order valence-electron chi connectivity index (χ1n) is 7.34. The molecule has 0 saturated carbocycles. The Bertz CT molecular complexity index is 967. The van der Waals surface area contributed by atoms with Crippen LogP contribution in [0.3, 0.4) is 0 Å². The fourth-order valence-electron chi connectivity index (χ4n) is 2.71. The van der Waals surface area contributed by atoms with E-state index in [9.17, 15) is 5.26 Å². The molecule has 23 heavy (non-hydrogen) atoms. The normalized spacial score (nSPS) is 13.1. The summed E-state index contributed by atoms with van der Waals surface area (Å²) in [5.74, 6) is 1.46. The van der Waals surface area contributed by atoms with Crippen molar-refractivity contribution in [1.82, 2.24) is 0 Å². The van der Waals surface area contributed by atoms with Crippen molar-refractivity contribution in [3.8, 4) is 17.6 Å². The first-order chi connectivity index (χ1) is 11.3. The van der Waals surface area contributed by atoms with Crippen molar-refractivity contribution < 1.29 is 9.47 Å². The third kappa shape index (κ3) is 2.51. The molecule has 1 aliphatic heterocycles. The maximum absolute atomic E-state index is 9.53. The molecule has 1 aliphatic rings. The largest absolute Gasteiger partial charge is 0.454 e. The predicted octanol–water partition coefficient (Wildman–Crippen LogP) is 4.63. The number of rotatable bonds is 2. The number of nitrogens with zero attached hydrogens (tertiary/aromatic N) is 1. The van der Waals surface area contributed by atoms with Gasteiger partial charge in [0.05, 0.1) is 11.6 Å². The molecule has 0 unspecified atom stereocenters. The predicted molar refractivity (Wildman–Crippen MR) is 90.0 cm³/mol. The van der Waals surface area contributed by atoms with Gasteiger partial charge in [-0.3, -0.25) is 0 Å². The summed E-state index contributed by atoms with van der Waals surface area (Å²) in [5.41, 5.74) is 2.44. The summed E-state index contributed by atoms with van der Waals surface area (Å²) in [6, 6.07) is 22.1. The lowest BCUT2D eigenvalue weighted by atomic mass is 10.00. The van der Waals surface area contributed by atoms with E-state index in [4.69, 9.17) is 9.47 Å². The maximum Gasteiger partial charge on any atom is 0.231 e. The number of benzene rings is 3. The number of nitriles is 1. The second kappa shape index (κ2) is 5.51. The van der Waals surface area contributed by atoms with Crippen LogP contribution >= 0.6 is 0 Å². The summed E-state index contributed by atoms with van der Waals surface area (Å²) in [4.78, 5) is 0. The van der Waals surface area contributed by atoms with Crippen LogP contribution in [-0.4, -0.2) is 6.79 Å². The summed E-state index contributed by atoms with van der Waals surface area (Å²) < 4.78 is 10.7. The van der Waals surface area contributed by atoms with E-state index in [-0.39, 0.29) is 6.79 Å². The van der Waals surface area contributed by atoms with Gasteiger partial charge in [0, 0.05) is 0 Å². The fraction of sp³-hybridized carbons (Fsp3) is 0.0500. The minimum absolute atomic E-state index is 0.248. The van der Waals surface area contributed by atoms with E-state index in [1.54, 1.807) is 0 Å². The molecule has 0 saturated heterocycles. The molecular weight excluding hydrogens is 286 g/mol. The van der Waals surface area contributed by atoms with Crippen molar-refractivity contribution in [2.75, 3.05) is 6.79 Å². The second-order valence-corrected chi connectivity index (χ2v) is 5.34. The van der Waals surface area contributed by atoms with Crippen LogP contribution in [0.25, 0.3) is 22.4 Å². The smallest absolute Gasteiger partial charge is 0.231 e. The molecule has 0 amide bonds. The molecule has 0 spiro atoms. The van der Waals surface area contributed by atoms with Gasteiger partial charge in [0.1, 0.15) is 0 Å². The summed E-state index contributed by atoms with van der Waals surface area (Å²) in [5, 5.41) is 11.8. The first-order valence-corrected chi connectivity index (χ1v) is 7.34. The molecule has 0 atom stereocenters. The van der Waals surface area contributed by atoms with Crippen molar-refractivity contribution >= 4 is 22.4 Å². The van der Waals surface area contributed by atoms with E-state index in [2.05, 4.69) is 18.2 Å². The Labute approximate surface area is 134 Å². The molecule has 0 aromatic heterocycles. The van der Waals surface area contributed by atoms with Crippen molar-refractivity contribution in [3.05, 3.63) is 71.8 Å². The topological polar surface area (TPSA) is 42.2 Å². The molecule has 0 bridgehead atoms. The lowest BCUT2D eigenvalue weighted by Crippen LogP contribution is -1.92. The zero-order chi connectivity index (χ0) is 15.6. The highest BCUT2D eigenvalue weighted by Crippen LogP contribution is 2.33. The van der Waals surface area contributed by atoms with E-state index < -0.39 is 0 Å². The van der Waals surface area contributed by atoms with Crippen molar-refractivity contribution in [2.45, 2.75) is 0 Å². The summed E-state index contributed by atoms with van der Waals surface area (Å²) in [6.07, 6.45) is 1.87. The lowest BCUT2D eigenvalue weighted by molar-refractivity contribution is 0.174. The third-order valence-corrected chi connectivity index (χ3v) is 3.89. The molecule has 110 valence electrons. The Balaban J connectivity index is 1.76. The molecule has 3 aromatic carbocycles. The zero-order valence-corrected chi connectivity index (χ0v) is 12.3. The van der Waals surface area contributed by atoms with E-state index in [0.717, 1.165) is 33.4 Å². The SMILES string of the molecule is N#C/C(=C\c1ccc2c(c1)OCO2)c1ccc2ccccc2c1. The van der Waals surface area contributed by atoms with E-state index >= 15 is 0 Å². The van der Waals surface area contributed by atoms with Crippen LogP contribution in [0.15, 0.2) is 60.7 Å². The fourth-order valence-corrected chi connectivity index (χ4v) is 2.71. The first kappa shape index (κ1) is 13.4. The Morgan fingerprint density at radius 1 is 0.913 bits per heavy atom. The molecule has 0 N–H and O–H groups in total. The highest BCUT2D eigenvalue weighted by molar-refractivity contribution is 5.94. The Morgan fingerprint density at radius 2 is 1.74 bits per heavy atom. The van der Waals surface area contributed by atoms with Crippen LogP contribution in [0.4, 0.5) is 0 Å². The number of hydrogen-bond donors (Lipinski definition) is 0. The number of hydrogen-bond acceptors (Lipinski definition) is 3. The number of ether oxygens (including phenoxy) is 2. The molecule has 3 aromatic rings. The van der Waals surface area contributed by atoms with Gasteiger partial charge in [0.25, 0.3) is 0 Å². The average Bonchev–Trinajstić information content (AvgIpc) is 3.07. The van der Waals surface area contributed by atoms with E-state index in [0.29, 0.717) is 5.57 Å². The van der Waals surface area contributed by atoms with Crippen LogP contribution in [0, 0.1) is 11.3 Å². The Hall–Kier alpha value is -3.25. The van der Waals surface area contributed by atoms with Gasteiger partial charge in [-0.1, -0.05) is 42.5 Å². The Kier molecular flexibility index (Phi) is 3.21. The van der Waals surface area contributed by atoms with Crippen LogP contribution in [0.5, 0.6) is 11.5 Å². The van der Waals surface area contributed by atoms with Crippen molar-refractivity contribution in [1.29, 1.82) is 5.26 Å². The third-order valence-electron chi connectivity index (χ3n) is 3.89. The average molecular weight is 299 g/mol. The minimum Gasteiger partial charge on any atom is -0.454 e. The summed E-state index contributed by atoms with van der Waals surface area (Å²) in [6.45, 7) is 0.248. The summed E-state index contributed by atoms with van der Waals surface area (Å²) in [7, 11) is 0. The van der Waals surface area contributed by atoms with Crippen LogP contribution in [-0.2, 0) is 0 Å². The van der Waals surface area contributed by atoms with Gasteiger partial charge in [-0.25, -0.2) is 0 Å². The summed E-state index contributed by atoms with van der Waals surface area (Å²) >= 11 is 0. The van der Waals surface area contributed by atoms with E-state index in [1.165, 1.54) is 0 Å². The molecule has 3 heteroatoms. The van der Waals surface area contributed by atoms with Gasteiger partial charge in [-0.15, -0.1) is 0 Å². The van der Waals surface area contributed by atoms with Gasteiger partial charge >= 0.3 is 0 Å². The van der Waals surface area contributed by atoms with Crippen molar-refractivity contribution in [2.24, 2.45) is 0 Å². The quantitative estimate of drug-likeness (QED) is 0.511. The molecule has 0 fully saturated rings. The van der Waals surface area contributed by atoms with Crippen LogP contribution < -0.4 is 9.47 Å². The monoisotopic (exact) mass is 299 g/mol. The number of fused-ring (bicyclic) bond motifs is 2. The van der Waals surface area contributed by atoms with Gasteiger partial charge < -0.3 is 9.47 Å². The van der Waals surface area contributed by atoms with E-state index in [1.807, 2.05) is 54.6 Å². The Morgan fingerprint density at radius 3 is 2.61 bits per heavy atom. The minimum atomic E-state index is 0.248. The van der Waals surface area contributed by atoms with Gasteiger partial charge in [0.15, 0.2) is 11.5 Å². The maximum atomic E-state index is 9.53. The molecule has 0 aliphatic carbocycles. The second-order valence-electron chi connectivity index (χ2n) is 5.34. The van der Waals surface area contributed by atoms with Crippen LogP contribution in [0.1, 0.15) is 11.1 Å². The van der Waals surface area contributed by atoms with Gasteiger partial charge in [-0.05, 0) is 46.2 Å². The highest BCUT2D eigenvalue weighted by Gasteiger charge is 2.13. The lowest BCUT2D eigenvalue weighted by Gasteiger charge is -2.04. The van der Waals surface area contributed by atoms with Crippen molar-refractivity contribution in [3.63, 3.8) is 0 Å². The molecule has 1 heterocycles. The van der Waals surface area contributed by atoms with Crippen LogP contribution in [0.2, 0.25) is 0 Å². The molecule has 4 rings (SSSR count). The molecular formula is C20H13NO2.